The van der Waals surface area contributed by atoms with Crippen LogP contribution in [0, 0.1) is 17.6 Å². The van der Waals surface area contributed by atoms with Crippen LogP contribution in [-0.4, -0.2) is 93.8 Å². The second-order valence-corrected chi connectivity index (χ2v) is 11.1. The number of likely N-dealkylation sites (N-methyl/N-ethyl adjacent to an activating group) is 1. The molecule has 15 heteroatoms. The van der Waals surface area contributed by atoms with Gasteiger partial charge >= 0.3 is 6.09 Å². The molecule has 1 spiro atoms. The van der Waals surface area contributed by atoms with Crippen molar-refractivity contribution in [1.82, 2.24) is 35.2 Å². The lowest BCUT2D eigenvalue weighted by Gasteiger charge is -2.38. The average molecular weight is 570 g/mol. The van der Waals surface area contributed by atoms with E-state index < -0.39 is 23.3 Å². The highest BCUT2D eigenvalue weighted by atomic mass is 19.1. The van der Waals surface area contributed by atoms with Gasteiger partial charge in [0.25, 0.3) is 11.8 Å². The Labute approximate surface area is 233 Å². The van der Waals surface area contributed by atoms with Gasteiger partial charge in [-0.25, -0.2) is 28.2 Å². The summed E-state index contributed by atoms with van der Waals surface area (Å²) in [6.45, 7) is 3.20. The van der Waals surface area contributed by atoms with Crippen LogP contribution < -0.4 is 20.3 Å². The first-order chi connectivity index (χ1) is 19.8. The summed E-state index contributed by atoms with van der Waals surface area (Å²) in [7, 11) is 1.79. The van der Waals surface area contributed by atoms with Crippen molar-refractivity contribution < 1.29 is 27.8 Å². The number of fused-ring (bicyclic) bond motifs is 3. The quantitative estimate of drug-likeness (QED) is 0.446. The van der Waals surface area contributed by atoms with Crippen LogP contribution in [0.4, 0.5) is 25.2 Å². The molecule has 41 heavy (non-hydrogen) atoms. The minimum absolute atomic E-state index is 0.0101. The highest BCUT2D eigenvalue weighted by molar-refractivity contribution is 5.94. The molecule has 7 rings (SSSR count). The molecule has 4 aliphatic rings. The number of benzene rings is 1. The second-order valence-electron chi connectivity index (χ2n) is 11.1. The number of hydrogen-bond acceptors (Lipinski definition) is 10. The lowest BCUT2D eigenvalue weighted by Crippen LogP contribution is -2.48. The van der Waals surface area contributed by atoms with Gasteiger partial charge in [0.05, 0.1) is 19.3 Å². The summed E-state index contributed by atoms with van der Waals surface area (Å²) in [6.07, 6.45) is 3.04. The Morgan fingerprint density at radius 2 is 1.95 bits per heavy atom. The van der Waals surface area contributed by atoms with E-state index in [2.05, 4.69) is 35.8 Å². The maximum Gasteiger partial charge on any atom is 0.416 e. The molecule has 0 bridgehead atoms. The first-order valence-electron chi connectivity index (χ1n) is 13.7. The molecule has 1 aromatic carbocycles. The minimum Gasteiger partial charge on any atom is -0.465 e. The molecule has 1 aliphatic carbocycles. The third kappa shape index (κ3) is 4.43. The number of ether oxygens (including phenoxy) is 2. The summed E-state index contributed by atoms with van der Waals surface area (Å²) in [4.78, 5) is 36.7. The molecule has 0 radical (unpaired) electrons. The smallest absolute Gasteiger partial charge is 0.416 e. The topological polar surface area (TPSA) is 140 Å². The van der Waals surface area contributed by atoms with Crippen molar-refractivity contribution in [3.63, 3.8) is 0 Å². The van der Waals surface area contributed by atoms with Crippen LogP contribution in [-0.2, 0) is 28.9 Å². The Kier molecular flexibility index (Phi) is 6.23. The van der Waals surface area contributed by atoms with Gasteiger partial charge in [-0.1, -0.05) is 5.21 Å². The SMILES string of the molecule is CNCCn1nnc2c(F)c3c(c(F)c21)C[C@@H](CN1CCC2(CC1)CN(c1cnc4c(n1)NC(=O)CO4)C(=O)O2)C3. The van der Waals surface area contributed by atoms with E-state index in [1.165, 1.54) is 15.8 Å². The fourth-order valence-electron chi connectivity index (χ4n) is 6.36. The average Bonchev–Trinajstić information content (AvgIpc) is 3.67. The van der Waals surface area contributed by atoms with E-state index in [0.29, 0.717) is 76.1 Å². The number of aromatic nitrogens is 5. The molecule has 3 aromatic rings. The highest BCUT2D eigenvalue weighted by Crippen LogP contribution is 2.39. The summed E-state index contributed by atoms with van der Waals surface area (Å²) >= 11 is 0. The molecule has 2 N–H and O–H groups in total. The molecule has 3 aliphatic heterocycles. The number of anilines is 2. The minimum atomic E-state index is -0.662. The van der Waals surface area contributed by atoms with Gasteiger partial charge in [-0.15, -0.1) is 5.10 Å². The molecule has 0 saturated carbocycles. The molecule has 2 saturated heterocycles. The number of amides is 2. The Morgan fingerprint density at radius 3 is 2.73 bits per heavy atom. The number of halogens is 2. The number of nitrogens with one attached hydrogen (secondary N) is 2. The van der Waals surface area contributed by atoms with Crippen molar-refractivity contribution >= 4 is 34.7 Å². The van der Waals surface area contributed by atoms with E-state index in [0.717, 1.165) is 0 Å². The molecule has 2 amide bonds. The van der Waals surface area contributed by atoms with Gasteiger partial charge in [-0.05, 0) is 36.9 Å². The van der Waals surface area contributed by atoms with E-state index in [1.54, 1.807) is 7.05 Å². The fraction of sp³-hybridized carbons (Fsp3) is 0.538. The van der Waals surface area contributed by atoms with E-state index in [-0.39, 0.29) is 47.0 Å². The van der Waals surface area contributed by atoms with Crippen molar-refractivity contribution in [3.05, 3.63) is 29.0 Å². The maximum absolute atomic E-state index is 15.6. The molecule has 2 aromatic heterocycles. The Balaban J connectivity index is 0.998. The van der Waals surface area contributed by atoms with Gasteiger partial charge in [0.2, 0.25) is 0 Å². The molecule has 13 nitrogen and oxygen atoms in total. The molecule has 2 fully saturated rings. The van der Waals surface area contributed by atoms with E-state index in [4.69, 9.17) is 9.47 Å². The third-order valence-corrected chi connectivity index (χ3v) is 8.46. The van der Waals surface area contributed by atoms with Crippen molar-refractivity contribution in [2.75, 3.05) is 56.6 Å². The van der Waals surface area contributed by atoms with Crippen LogP contribution in [0.15, 0.2) is 6.20 Å². The lowest BCUT2D eigenvalue weighted by atomic mass is 9.90. The van der Waals surface area contributed by atoms with Gasteiger partial charge in [-0.3, -0.25) is 9.69 Å². The van der Waals surface area contributed by atoms with E-state index in [9.17, 15) is 9.59 Å². The van der Waals surface area contributed by atoms with Gasteiger partial charge in [0.1, 0.15) is 11.1 Å². The monoisotopic (exact) mass is 569 g/mol. The van der Waals surface area contributed by atoms with Crippen LogP contribution in [0.3, 0.4) is 0 Å². The molecular weight excluding hydrogens is 540 g/mol. The maximum atomic E-state index is 15.6. The number of nitrogens with zero attached hydrogens (tertiary/aromatic N) is 7. The Hall–Kier alpha value is -3.98. The van der Waals surface area contributed by atoms with Gasteiger partial charge in [-0.2, -0.15) is 0 Å². The van der Waals surface area contributed by atoms with Crippen LogP contribution in [0.2, 0.25) is 0 Å². The van der Waals surface area contributed by atoms with Crippen molar-refractivity contribution in [3.8, 4) is 5.88 Å². The predicted octanol–water partition coefficient (Wildman–Crippen LogP) is 1.26. The molecule has 216 valence electrons. The number of carbonyl (C=O) groups excluding carboxylic acids is 2. The van der Waals surface area contributed by atoms with Gasteiger partial charge in [0.15, 0.2) is 35.4 Å². The van der Waals surface area contributed by atoms with Crippen molar-refractivity contribution in [2.45, 2.75) is 37.8 Å². The third-order valence-electron chi connectivity index (χ3n) is 8.46. The lowest BCUT2D eigenvalue weighted by molar-refractivity contribution is -0.118. The number of rotatable bonds is 6. The summed E-state index contributed by atoms with van der Waals surface area (Å²) in [5.74, 6) is -0.506. The first-order valence-corrected chi connectivity index (χ1v) is 13.7. The summed E-state index contributed by atoms with van der Waals surface area (Å²) in [6, 6.07) is 0. The Morgan fingerprint density at radius 1 is 1.17 bits per heavy atom. The number of carbonyl (C=O) groups is 2. The van der Waals surface area contributed by atoms with Crippen LogP contribution >= 0.6 is 0 Å². The normalized spacial score (nSPS) is 21.6. The van der Waals surface area contributed by atoms with Gasteiger partial charge < -0.3 is 25.0 Å². The van der Waals surface area contributed by atoms with Crippen LogP contribution in [0.5, 0.6) is 5.88 Å². The van der Waals surface area contributed by atoms with Crippen molar-refractivity contribution in [2.24, 2.45) is 5.92 Å². The summed E-state index contributed by atoms with van der Waals surface area (Å²) in [5, 5.41) is 13.5. The molecule has 0 unspecified atom stereocenters. The zero-order chi connectivity index (χ0) is 28.3. The van der Waals surface area contributed by atoms with Crippen molar-refractivity contribution in [1.29, 1.82) is 0 Å². The molecule has 5 heterocycles. The zero-order valence-electron chi connectivity index (χ0n) is 22.5. The van der Waals surface area contributed by atoms with Crippen LogP contribution in [0.25, 0.3) is 11.0 Å². The standard InChI is InChI=1S/C26H29F2N9O4/c1-29-4-7-37-22-20(28)16-9-14(8-15(16)19(27)21(22)33-34-37)11-35-5-2-26(3-6-35)13-36(25(39)41-26)17-10-30-24-23(31-17)32-18(38)12-40-24/h10,14,29H,2-9,11-13H2,1H3,(H,31,32,38)/t14-/m0/s1. The fourth-order valence-corrected chi connectivity index (χ4v) is 6.36. The molecular formula is C26H29F2N9O4. The first kappa shape index (κ1) is 26.0. The number of likely N-dealkylation sites (tertiary alicyclic amines) is 1. The van der Waals surface area contributed by atoms with Crippen LogP contribution in [0.1, 0.15) is 24.0 Å². The highest BCUT2D eigenvalue weighted by Gasteiger charge is 2.48. The number of hydrogen-bond donors (Lipinski definition) is 2. The van der Waals surface area contributed by atoms with E-state index >= 15 is 8.78 Å². The Bertz CT molecular complexity index is 1560. The molecule has 1 atom stereocenters. The zero-order valence-corrected chi connectivity index (χ0v) is 22.5. The van der Waals surface area contributed by atoms with Gasteiger partial charge in [0, 0.05) is 39.0 Å². The second kappa shape index (κ2) is 9.83. The summed E-state index contributed by atoms with van der Waals surface area (Å²) in [5.41, 5.74) is 0.286. The largest absolute Gasteiger partial charge is 0.465 e. The summed E-state index contributed by atoms with van der Waals surface area (Å²) < 4.78 is 43.4. The van der Waals surface area contributed by atoms with E-state index in [1.807, 2.05) is 0 Å². The predicted molar refractivity (Wildman–Crippen MR) is 141 cm³/mol. The number of piperidine rings is 1.